The van der Waals surface area contributed by atoms with Crippen LogP contribution in [-0.2, 0) is 16.1 Å². The molecule has 2 N–H and O–H groups in total. The summed E-state index contributed by atoms with van der Waals surface area (Å²) in [7, 11) is 1.69. The average molecular weight is 394 g/mol. The van der Waals surface area contributed by atoms with Crippen molar-refractivity contribution in [3.05, 3.63) is 77.8 Å². The molecule has 0 bridgehead atoms. The van der Waals surface area contributed by atoms with E-state index in [0.717, 1.165) is 10.5 Å². The van der Waals surface area contributed by atoms with E-state index in [1.807, 2.05) is 30.3 Å². The highest BCUT2D eigenvalue weighted by Gasteiger charge is 2.49. The first-order chi connectivity index (χ1) is 13.9. The summed E-state index contributed by atoms with van der Waals surface area (Å²) in [5.41, 5.74) is 1.52. The number of hydrogen-bond acceptors (Lipinski definition) is 4. The predicted octanol–water partition coefficient (Wildman–Crippen LogP) is 2.08. The van der Waals surface area contributed by atoms with Gasteiger partial charge in [0.1, 0.15) is 11.9 Å². The van der Waals surface area contributed by atoms with Crippen LogP contribution >= 0.6 is 0 Å². The molecule has 148 valence electrons. The molecule has 0 aromatic heterocycles. The van der Waals surface area contributed by atoms with E-state index in [2.05, 4.69) is 10.6 Å². The van der Waals surface area contributed by atoms with E-state index in [-0.39, 0.29) is 18.0 Å². The predicted molar refractivity (Wildman–Crippen MR) is 104 cm³/mol. The Morgan fingerprint density at radius 2 is 1.79 bits per heavy atom. The van der Waals surface area contributed by atoms with E-state index < -0.39 is 29.8 Å². The number of carbonyl (C=O) groups excluding carboxylic acids is 3. The molecule has 4 rings (SSSR count). The fourth-order valence-electron chi connectivity index (χ4n) is 3.58. The lowest BCUT2D eigenvalue weighted by Crippen LogP contribution is -2.64. The number of imide groups is 1. The highest BCUT2D eigenvalue weighted by molar-refractivity contribution is 6.09. The first kappa shape index (κ1) is 18.7. The van der Waals surface area contributed by atoms with Crippen LogP contribution in [-0.4, -0.2) is 46.8 Å². The molecule has 2 aromatic carbocycles. The highest BCUT2D eigenvalue weighted by Crippen LogP contribution is 2.28. The smallest absolute Gasteiger partial charge is 0.325 e. The maximum absolute atomic E-state index is 13.1. The Hall–Kier alpha value is -3.68. The number of likely N-dealkylation sites (N-methyl/N-ethyl adjacent to an activating group) is 1. The minimum absolute atomic E-state index is 0.152. The van der Waals surface area contributed by atoms with Gasteiger partial charge in [-0.3, -0.25) is 14.5 Å². The van der Waals surface area contributed by atoms with Crippen molar-refractivity contribution in [3.8, 4) is 0 Å². The van der Waals surface area contributed by atoms with Gasteiger partial charge in [-0.05, 0) is 29.8 Å². The molecule has 7 nitrogen and oxygen atoms in total. The largest absolute Gasteiger partial charge is 0.366 e. The van der Waals surface area contributed by atoms with Gasteiger partial charge in [-0.2, -0.15) is 0 Å². The fraction of sp³-hybridized carbons (Fsp3) is 0.190. The average Bonchev–Trinajstić information content (AvgIpc) is 3.04. The first-order valence-corrected chi connectivity index (χ1v) is 9.10. The van der Waals surface area contributed by atoms with Gasteiger partial charge in [-0.1, -0.05) is 30.3 Å². The molecule has 8 heteroatoms. The van der Waals surface area contributed by atoms with Gasteiger partial charge >= 0.3 is 6.03 Å². The monoisotopic (exact) mass is 394 g/mol. The summed E-state index contributed by atoms with van der Waals surface area (Å²) >= 11 is 0. The number of rotatable bonds is 4. The number of nitrogens with one attached hydrogen (secondary N) is 2. The Kier molecular flexibility index (Phi) is 4.75. The minimum atomic E-state index is -0.757. The van der Waals surface area contributed by atoms with E-state index in [4.69, 9.17) is 0 Å². The van der Waals surface area contributed by atoms with Crippen LogP contribution in [0.15, 0.2) is 66.4 Å². The molecule has 0 radical (unpaired) electrons. The molecular weight excluding hydrogens is 375 g/mol. The topological polar surface area (TPSA) is 81.8 Å². The number of urea groups is 1. The summed E-state index contributed by atoms with van der Waals surface area (Å²) in [5, 5.41) is 5.44. The van der Waals surface area contributed by atoms with Crippen LogP contribution in [0.1, 0.15) is 5.56 Å². The van der Waals surface area contributed by atoms with Crippen molar-refractivity contribution >= 4 is 23.5 Å². The molecule has 2 heterocycles. The summed E-state index contributed by atoms with van der Waals surface area (Å²) in [5.74, 6) is -1.24. The lowest BCUT2D eigenvalue weighted by molar-refractivity contribution is -0.134. The van der Waals surface area contributed by atoms with Crippen molar-refractivity contribution in [3.63, 3.8) is 0 Å². The van der Waals surface area contributed by atoms with Crippen LogP contribution in [0.25, 0.3) is 0 Å². The third-order valence-electron chi connectivity index (χ3n) is 5.02. The Labute approximate surface area is 166 Å². The molecule has 1 saturated heterocycles. The highest BCUT2D eigenvalue weighted by atomic mass is 19.1. The number of halogens is 1. The van der Waals surface area contributed by atoms with Gasteiger partial charge in [0.2, 0.25) is 0 Å². The van der Waals surface area contributed by atoms with Gasteiger partial charge in [-0.25, -0.2) is 9.18 Å². The lowest BCUT2D eigenvalue weighted by Gasteiger charge is -2.37. The zero-order valence-electron chi connectivity index (χ0n) is 15.6. The Morgan fingerprint density at radius 1 is 1.10 bits per heavy atom. The maximum Gasteiger partial charge on any atom is 0.325 e. The van der Waals surface area contributed by atoms with Crippen molar-refractivity contribution in [1.29, 1.82) is 0 Å². The zero-order valence-corrected chi connectivity index (χ0v) is 15.6. The molecule has 29 heavy (non-hydrogen) atoms. The first-order valence-electron chi connectivity index (χ1n) is 9.10. The standard InChI is InChI=1S/C21H19FN4O3/c1-25-12-16(19(27)23-15-9-7-14(22)8-10-15)17-18(25)20(28)26(21(29)24-17)11-13-5-3-2-4-6-13/h2-10,12,17-18H,11H2,1H3,(H,23,27)(H,24,29). The normalized spacial score (nSPS) is 20.8. The fourth-order valence-corrected chi connectivity index (χ4v) is 3.58. The summed E-state index contributed by atoms with van der Waals surface area (Å²) in [6.45, 7) is 0.152. The molecule has 0 spiro atoms. The summed E-state index contributed by atoms with van der Waals surface area (Å²) in [6, 6.07) is 12.6. The van der Waals surface area contributed by atoms with Crippen molar-refractivity contribution < 1.29 is 18.8 Å². The van der Waals surface area contributed by atoms with E-state index >= 15 is 0 Å². The van der Waals surface area contributed by atoms with E-state index in [9.17, 15) is 18.8 Å². The quantitative estimate of drug-likeness (QED) is 0.832. The molecule has 2 unspecified atom stereocenters. The molecule has 4 amide bonds. The number of carbonyl (C=O) groups is 3. The third-order valence-corrected chi connectivity index (χ3v) is 5.02. The summed E-state index contributed by atoms with van der Waals surface area (Å²) in [4.78, 5) is 41.1. The van der Waals surface area contributed by atoms with Crippen LogP contribution in [0.3, 0.4) is 0 Å². The Bertz CT molecular complexity index is 991. The molecular formula is C21H19FN4O3. The van der Waals surface area contributed by atoms with Crippen LogP contribution in [0.2, 0.25) is 0 Å². The SMILES string of the molecule is CN1C=C(C(=O)Nc2ccc(F)cc2)C2NC(=O)N(Cc3ccccc3)C(=O)C21. The molecule has 0 aliphatic carbocycles. The van der Waals surface area contributed by atoms with Gasteiger partial charge in [-0.15, -0.1) is 0 Å². The molecule has 0 saturated carbocycles. The maximum atomic E-state index is 13.1. The second kappa shape index (κ2) is 7.38. The lowest BCUT2D eigenvalue weighted by atomic mass is 9.99. The Morgan fingerprint density at radius 3 is 2.48 bits per heavy atom. The number of nitrogens with zero attached hydrogens (tertiary/aromatic N) is 2. The minimum Gasteiger partial charge on any atom is -0.366 e. The van der Waals surface area contributed by atoms with Gasteiger partial charge in [0.25, 0.3) is 11.8 Å². The summed E-state index contributed by atoms with van der Waals surface area (Å²) < 4.78 is 13.1. The molecule has 2 aromatic rings. The Balaban J connectivity index is 1.51. The number of anilines is 1. The van der Waals surface area contributed by atoms with Gasteiger partial charge in [0, 0.05) is 18.9 Å². The van der Waals surface area contributed by atoms with E-state index in [1.54, 1.807) is 18.1 Å². The number of fused-ring (bicyclic) bond motifs is 1. The molecule has 2 aliphatic heterocycles. The van der Waals surface area contributed by atoms with Gasteiger partial charge < -0.3 is 15.5 Å². The zero-order chi connectivity index (χ0) is 20.5. The molecule has 2 atom stereocenters. The van der Waals surface area contributed by atoms with Crippen molar-refractivity contribution in [2.75, 3.05) is 12.4 Å². The van der Waals surface area contributed by atoms with Crippen molar-refractivity contribution in [2.24, 2.45) is 0 Å². The number of amides is 4. The van der Waals surface area contributed by atoms with Crippen LogP contribution < -0.4 is 10.6 Å². The van der Waals surface area contributed by atoms with Gasteiger partial charge in [0.05, 0.1) is 18.2 Å². The van der Waals surface area contributed by atoms with Crippen LogP contribution in [0, 0.1) is 5.82 Å². The summed E-state index contributed by atoms with van der Waals surface area (Å²) in [6.07, 6.45) is 1.55. The van der Waals surface area contributed by atoms with E-state index in [1.165, 1.54) is 24.3 Å². The van der Waals surface area contributed by atoms with Crippen LogP contribution in [0.5, 0.6) is 0 Å². The van der Waals surface area contributed by atoms with Gasteiger partial charge in [0.15, 0.2) is 0 Å². The van der Waals surface area contributed by atoms with Crippen LogP contribution in [0.4, 0.5) is 14.9 Å². The van der Waals surface area contributed by atoms with Crippen molar-refractivity contribution in [1.82, 2.24) is 15.1 Å². The molecule has 1 fully saturated rings. The third kappa shape index (κ3) is 3.56. The number of benzene rings is 2. The molecule has 2 aliphatic rings. The van der Waals surface area contributed by atoms with Crippen molar-refractivity contribution in [2.45, 2.75) is 18.6 Å². The second-order valence-corrected chi connectivity index (χ2v) is 6.99. The second-order valence-electron chi connectivity index (χ2n) is 6.99. The number of hydrogen-bond donors (Lipinski definition) is 2. The van der Waals surface area contributed by atoms with E-state index in [0.29, 0.717) is 5.69 Å².